The third-order valence-electron chi connectivity index (χ3n) is 5.96. The highest BCUT2D eigenvalue weighted by molar-refractivity contribution is 6.31. The SMILES string of the molecule is CCNC(=O)N1CCN(CC2=C(C(=O)OCC)[C@@H](c3ccccc3Cl)NC(=O)N2C)C[C@H]1C. The van der Waals surface area contributed by atoms with Crippen molar-refractivity contribution in [3.8, 4) is 0 Å². The molecular formula is C23H32ClN5O4. The Kier molecular flexibility index (Phi) is 8.20. The lowest BCUT2D eigenvalue weighted by molar-refractivity contribution is -0.139. The molecule has 3 rings (SSSR count). The minimum atomic E-state index is -0.717. The Bertz CT molecular complexity index is 937. The average molecular weight is 478 g/mol. The lowest BCUT2D eigenvalue weighted by Gasteiger charge is -2.42. The standard InChI is InChI=1S/C23H32ClN5O4/c1-5-25-22(31)29-12-11-28(13-15(29)3)14-18-19(21(30)33-6-2)20(26-23(32)27(18)4)16-9-7-8-10-17(16)24/h7-10,15,20H,5-6,11-14H2,1-4H3,(H,25,31)(H,26,32)/t15-,20-/m1/s1. The summed E-state index contributed by atoms with van der Waals surface area (Å²) in [5.74, 6) is -0.488. The number of rotatable bonds is 6. The summed E-state index contributed by atoms with van der Waals surface area (Å²) in [6, 6.07) is 6.00. The van der Waals surface area contributed by atoms with Crippen molar-refractivity contribution in [3.63, 3.8) is 0 Å². The van der Waals surface area contributed by atoms with E-state index in [1.54, 1.807) is 32.2 Å². The summed E-state index contributed by atoms with van der Waals surface area (Å²) >= 11 is 6.43. The molecule has 33 heavy (non-hydrogen) atoms. The maximum atomic E-state index is 13.1. The summed E-state index contributed by atoms with van der Waals surface area (Å²) in [6.45, 7) is 8.57. The van der Waals surface area contributed by atoms with Gasteiger partial charge in [0.05, 0.1) is 18.2 Å². The Labute approximate surface area is 199 Å². The second-order valence-electron chi connectivity index (χ2n) is 8.16. The van der Waals surface area contributed by atoms with Crippen LogP contribution in [0.1, 0.15) is 32.4 Å². The largest absolute Gasteiger partial charge is 0.463 e. The molecule has 2 heterocycles. The Morgan fingerprint density at radius 3 is 2.61 bits per heavy atom. The van der Waals surface area contributed by atoms with Crippen molar-refractivity contribution in [1.82, 2.24) is 25.3 Å². The molecule has 2 aliphatic rings. The van der Waals surface area contributed by atoms with Crippen LogP contribution in [0.4, 0.5) is 9.59 Å². The van der Waals surface area contributed by atoms with Crippen LogP contribution in [-0.2, 0) is 9.53 Å². The first-order chi connectivity index (χ1) is 15.8. The Morgan fingerprint density at radius 1 is 1.24 bits per heavy atom. The molecule has 180 valence electrons. The van der Waals surface area contributed by atoms with Gasteiger partial charge in [-0.05, 0) is 32.4 Å². The van der Waals surface area contributed by atoms with Crippen LogP contribution in [0.2, 0.25) is 5.02 Å². The molecule has 0 spiro atoms. The van der Waals surface area contributed by atoms with E-state index < -0.39 is 12.0 Å². The van der Waals surface area contributed by atoms with E-state index in [1.165, 1.54) is 4.90 Å². The fraction of sp³-hybridized carbons (Fsp3) is 0.522. The Hall–Kier alpha value is -2.78. The number of piperazine rings is 1. The van der Waals surface area contributed by atoms with Gasteiger partial charge in [-0.1, -0.05) is 29.8 Å². The zero-order valence-corrected chi connectivity index (χ0v) is 20.3. The smallest absolute Gasteiger partial charge is 0.338 e. The minimum Gasteiger partial charge on any atom is -0.463 e. The van der Waals surface area contributed by atoms with E-state index in [-0.39, 0.29) is 24.7 Å². The molecule has 1 fully saturated rings. The predicted octanol–water partition coefficient (Wildman–Crippen LogP) is 2.59. The van der Waals surface area contributed by atoms with Gasteiger partial charge in [-0.25, -0.2) is 14.4 Å². The van der Waals surface area contributed by atoms with E-state index in [1.807, 2.05) is 24.8 Å². The van der Waals surface area contributed by atoms with Gasteiger partial charge in [-0.3, -0.25) is 9.80 Å². The van der Waals surface area contributed by atoms with Crippen molar-refractivity contribution < 1.29 is 19.1 Å². The molecule has 10 heteroatoms. The number of carbonyl (C=O) groups is 3. The highest BCUT2D eigenvalue weighted by Gasteiger charge is 2.39. The molecule has 9 nitrogen and oxygen atoms in total. The van der Waals surface area contributed by atoms with Crippen LogP contribution >= 0.6 is 11.6 Å². The second-order valence-corrected chi connectivity index (χ2v) is 8.56. The molecule has 0 unspecified atom stereocenters. The van der Waals surface area contributed by atoms with Crippen LogP contribution in [0.3, 0.4) is 0 Å². The fourth-order valence-electron chi connectivity index (χ4n) is 4.28. The molecule has 2 N–H and O–H groups in total. The summed E-state index contributed by atoms with van der Waals surface area (Å²) < 4.78 is 5.37. The highest BCUT2D eigenvalue weighted by Crippen LogP contribution is 2.34. The topological polar surface area (TPSA) is 94.2 Å². The first kappa shape index (κ1) is 24.9. The molecule has 4 amide bonds. The van der Waals surface area contributed by atoms with E-state index in [0.29, 0.717) is 54.6 Å². The molecule has 2 atom stereocenters. The number of likely N-dealkylation sites (N-methyl/N-ethyl adjacent to an activating group) is 1. The van der Waals surface area contributed by atoms with Crippen molar-refractivity contribution in [2.75, 3.05) is 46.4 Å². The summed E-state index contributed by atoms with van der Waals surface area (Å²) in [6.07, 6.45) is 0. The van der Waals surface area contributed by atoms with Gasteiger partial charge in [0.15, 0.2) is 0 Å². The summed E-state index contributed by atoms with van der Waals surface area (Å²) in [5, 5.41) is 6.19. The summed E-state index contributed by atoms with van der Waals surface area (Å²) in [4.78, 5) is 43.7. The molecule has 2 aliphatic heterocycles. The van der Waals surface area contributed by atoms with Crippen LogP contribution in [-0.4, -0.2) is 85.2 Å². The molecule has 1 saturated heterocycles. The second kappa shape index (κ2) is 10.9. The van der Waals surface area contributed by atoms with Gasteiger partial charge in [0.2, 0.25) is 0 Å². The zero-order chi connectivity index (χ0) is 24.1. The highest BCUT2D eigenvalue weighted by atomic mass is 35.5. The van der Waals surface area contributed by atoms with Gasteiger partial charge in [-0.15, -0.1) is 0 Å². The van der Waals surface area contributed by atoms with E-state index in [0.717, 1.165) is 0 Å². The number of halogens is 1. The minimum absolute atomic E-state index is 0.0148. The van der Waals surface area contributed by atoms with Gasteiger partial charge in [0.1, 0.15) is 0 Å². The first-order valence-corrected chi connectivity index (χ1v) is 11.6. The number of hydrogen-bond donors (Lipinski definition) is 2. The number of esters is 1. The number of carbonyl (C=O) groups excluding carboxylic acids is 3. The Balaban J connectivity index is 1.94. The monoisotopic (exact) mass is 477 g/mol. The van der Waals surface area contributed by atoms with Crippen LogP contribution in [0.15, 0.2) is 35.5 Å². The van der Waals surface area contributed by atoms with Crippen molar-refractivity contribution in [2.24, 2.45) is 0 Å². The lowest BCUT2D eigenvalue weighted by Crippen LogP contribution is -2.57. The van der Waals surface area contributed by atoms with Crippen molar-refractivity contribution in [1.29, 1.82) is 0 Å². The van der Waals surface area contributed by atoms with Crippen LogP contribution in [0.25, 0.3) is 0 Å². The van der Waals surface area contributed by atoms with Gasteiger partial charge in [0.25, 0.3) is 0 Å². The molecular weight excluding hydrogens is 446 g/mol. The number of benzene rings is 1. The van der Waals surface area contributed by atoms with Crippen molar-refractivity contribution >= 4 is 29.6 Å². The number of nitrogens with zero attached hydrogens (tertiary/aromatic N) is 3. The fourth-order valence-corrected chi connectivity index (χ4v) is 4.53. The Morgan fingerprint density at radius 2 is 1.97 bits per heavy atom. The molecule has 0 aromatic heterocycles. The normalized spacial score (nSPS) is 21.7. The summed E-state index contributed by atoms with van der Waals surface area (Å²) in [5.41, 5.74) is 1.57. The molecule has 0 saturated carbocycles. The lowest BCUT2D eigenvalue weighted by atomic mass is 9.94. The van der Waals surface area contributed by atoms with Crippen LogP contribution in [0.5, 0.6) is 0 Å². The van der Waals surface area contributed by atoms with E-state index in [4.69, 9.17) is 16.3 Å². The number of hydrogen-bond acceptors (Lipinski definition) is 5. The molecule has 1 aromatic rings. The molecule has 1 aromatic carbocycles. The molecule has 0 bridgehead atoms. The molecule has 0 radical (unpaired) electrons. The van der Waals surface area contributed by atoms with Gasteiger partial charge < -0.3 is 20.3 Å². The maximum Gasteiger partial charge on any atom is 0.338 e. The van der Waals surface area contributed by atoms with Crippen molar-refractivity contribution in [2.45, 2.75) is 32.9 Å². The van der Waals surface area contributed by atoms with Gasteiger partial charge in [-0.2, -0.15) is 0 Å². The number of amides is 4. The third-order valence-corrected chi connectivity index (χ3v) is 6.31. The van der Waals surface area contributed by atoms with Crippen LogP contribution in [0, 0.1) is 0 Å². The summed E-state index contributed by atoms with van der Waals surface area (Å²) in [7, 11) is 1.64. The molecule has 0 aliphatic carbocycles. The van der Waals surface area contributed by atoms with Gasteiger partial charge in [0, 0.05) is 56.5 Å². The predicted molar refractivity (Wildman–Crippen MR) is 126 cm³/mol. The van der Waals surface area contributed by atoms with Crippen LogP contribution < -0.4 is 10.6 Å². The van der Waals surface area contributed by atoms with E-state index in [2.05, 4.69) is 15.5 Å². The van der Waals surface area contributed by atoms with E-state index in [9.17, 15) is 14.4 Å². The zero-order valence-electron chi connectivity index (χ0n) is 19.6. The average Bonchev–Trinajstić information content (AvgIpc) is 2.77. The van der Waals surface area contributed by atoms with E-state index >= 15 is 0 Å². The van der Waals surface area contributed by atoms with Gasteiger partial charge >= 0.3 is 18.0 Å². The maximum absolute atomic E-state index is 13.1. The number of nitrogens with one attached hydrogen (secondary N) is 2. The first-order valence-electron chi connectivity index (χ1n) is 11.2. The third kappa shape index (κ3) is 5.42. The number of ether oxygens (including phenoxy) is 1. The number of urea groups is 2. The van der Waals surface area contributed by atoms with Crippen molar-refractivity contribution in [3.05, 3.63) is 46.1 Å². The quantitative estimate of drug-likeness (QED) is 0.614.